The van der Waals surface area contributed by atoms with Crippen LogP contribution >= 0.6 is 35.6 Å². The Kier molecular flexibility index (Phi) is 5.21. The lowest BCUT2D eigenvalue weighted by Gasteiger charge is -2.20. The van der Waals surface area contributed by atoms with Gasteiger partial charge in [-0.2, -0.15) is 0 Å². The number of halogens is 3. The highest BCUT2D eigenvalue weighted by Gasteiger charge is 2.37. The SMILES string of the molecule is CN(C)CCN1C(=O)C(=O)c2ccc(Cl)c(Cl)c21.Cl. The van der Waals surface area contributed by atoms with Crippen LogP contribution in [0.3, 0.4) is 0 Å². The van der Waals surface area contributed by atoms with Crippen LogP contribution in [0.1, 0.15) is 10.4 Å². The molecule has 0 N–H and O–H groups in total. The van der Waals surface area contributed by atoms with E-state index in [9.17, 15) is 9.59 Å². The first kappa shape index (κ1) is 16.2. The van der Waals surface area contributed by atoms with E-state index in [2.05, 4.69) is 0 Å². The first-order chi connectivity index (χ1) is 8.43. The minimum atomic E-state index is -0.545. The van der Waals surface area contributed by atoms with E-state index in [1.807, 2.05) is 19.0 Å². The molecule has 1 aromatic rings. The molecule has 1 amide bonds. The molecule has 1 heterocycles. The number of carbonyl (C=O) groups excluding carboxylic acids is 2. The lowest BCUT2D eigenvalue weighted by molar-refractivity contribution is -0.114. The molecular weight excluding hydrogens is 311 g/mol. The number of anilines is 1. The Bertz CT molecular complexity index is 532. The summed E-state index contributed by atoms with van der Waals surface area (Å²) in [6.07, 6.45) is 0. The Morgan fingerprint density at radius 1 is 1.21 bits per heavy atom. The van der Waals surface area contributed by atoms with E-state index in [0.717, 1.165) is 0 Å². The fourth-order valence-electron chi connectivity index (χ4n) is 1.84. The van der Waals surface area contributed by atoms with Crippen molar-refractivity contribution in [3.63, 3.8) is 0 Å². The number of benzene rings is 1. The second kappa shape index (κ2) is 6.09. The summed E-state index contributed by atoms with van der Waals surface area (Å²) in [6.45, 7) is 1.05. The quantitative estimate of drug-likeness (QED) is 0.803. The van der Waals surface area contributed by atoms with Gasteiger partial charge in [0.1, 0.15) is 0 Å². The van der Waals surface area contributed by atoms with Gasteiger partial charge in [-0.3, -0.25) is 9.59 Å². The van der Waals surface area contributed by atoms with Crippen molar-refractivity contribution in [2.45, 2.75) is 0 Å². The van der Waals surface area contributed by atoms with Gasteiger partial charge in [0.25, 0.3) is 11.7 Å². The van der Waals surface area contributed by atoms with Gasteiger partial charge < -0.3 is 9.80 Å². The molecule has 0 bridgehead atoms. The maximum atomic E-state index is 11.9. The van der Waals surface area contributed by atoms with Crippen molar-refractivity contribution < 1.29 is 9.59 Å². The third-order valence-electron chi connectivity index (χ3n) is 2.79. The molecule has 1 aliphatic heterocycles. The third kappa shape index (κ3) is 2.87. The summed E-state index contributed by atoms with van der Waals surface area (Å²) < 4.78 is 0. The molecule has 0 fully saturated rings. The lowest BCUT2D eigenvalue weighted by atomic mass is 10.1. The van der Waals surface area contributed by atoms with Gasteiger partial charge in [-0.1, -0.05) is 23.2 Å². The predicted octanol–water partition coefficient (Wildman–Crippen LogP) is 2.51. The van der Waals surface area contributed by atoms with E-state index in [1.54, 1.807) is 6.07 Å². The van der Waals surface area contributed by atoms with Crippen LogP contribution in [0.4, 0.5) is 5.69 Å². The molecule has 0 atom stereocenters. The summed E-state index contributed by atoms with van der Waals surface area (Å²) in [5.41, 5.74) is 0.758. The first-order valence-corrected chi connectivity index (χ1v) is 6.18. The van der Waals surface area contributed by atoms with Crippen LogP contribution in [0.5, 0.6) is 0 Å². The van der Waals surface area contributed by atoms with Crippen LogP contribution in [0, 0.1) is 0 Å². The first-order valence-electron chi connectivity index (χ1n) is 5.42. The second-order valence-corrected chi connectivity index (χ2v) is 5.13. The third-order valence-corrected chi connectivity index (χ3v) is 3.59. The van der Waals surface area contributed by atoms with Crippen molar-refractivity contribution in [2.75, 3.05) is 32.1 Å². The Hall–Kier alpha value is -0.810. The molecule has 104 valence electrons. The lowest BCUT2D eigenvalue weighted by Crippen LogP contribution is -2.35. The van der Waals surface area contributed by atoms with Crippen LogP contribution in [0.15, 0.2) is 12.1 Å². The van der Waals surface area contributed by atoms with Crippen molar-refractivity contribution in [3.8, 4) is 0 Å². The summed E-state index contributed by atoms with van der Waals surface area (Å²) >= 11 is 12.0. The molecule has 0 saturated heterocycles. The maximum absolute atomic E-state index is 11.9. The fourth-order valence-corrected chi connectivity index (χ4v) is 2.26. The number of ketones is 1. The van der Waals surface area contributed by atoms with Gasteiger partial charge in [0.2, 0.25) is 0 Å². The van der Waals surface area contributed by atoms with Crippen molar-refractivity contribution in [1.82, 2.24) is 4.90 Å². The zero-order valence-electron chi connectivity index (χ0n) is 10.4. The Morgan fingerprint density at radius 2 is 1.84 bits per heavy atom. The zero-order valence-corrected chi connectivity index (χ0v) is 12.8. The van der Waals surface area contributed by atoms with Crippen LogP contribution < -0.4 is 4.90 Å². The fraction of sp³-hybridized carbons (Fsp3) is 0.333. The standard InChI is InChI=1S/C12H12Cl2N2O2.ClH/c1-15(2)5-6-16-10-7(11(17)12(16)18)3-4-8(13)9(10)14;/h3-4H,5-6H2,1-2H3;1H. The molecule has 1 aliphatic rings. The smallest absolute Gasteiger partial charge is 0.299 e. The molecule has 0 unspecified atom stereocenters. The number of hydrogen-bond acceptors (Lipinski definition) is 3. The highest BCUT2D eigenvalue weighted by Crippen LogP contribution is 2.39. The Balaban J connectivity index is 0.00000180. The van der Waals surface area contributed by atoms with Crippen LogP contribution in [0.25, 0.3) is 0 Å². The molecule has 2 rings (SSSR count). The summed E-state index contributed by atoms with van der Waals surface area (Å²) in [6, 6.07) is 3.07. The van der Waals surface area contributed by atoms with Crippen molar-refractivity contribution in [2.24, 2.45) is 0 Å². The van der Waals surface area contributed by atoms with E-state index >= 15 is 0 Å². The molecule has 19 heavy (non-hydrogen) atoms. The molecule has 0 aliphatic carbocycles. The topological polar surface area (TPSA) is 40.6 Å². The van der Waals surface area contributed by atoms with Crippen LogP contribution in [-0.4, -0.2) is 43.8 Å². The van der Waals surface area contributed by atoms with Gasteiger partial charge in [0.15, 0.2) is 0 Å². The highest BCUT2D eigenvalue weighted by molar-refractivity contribution is 6.55. The molecule has 4 nitrogen and oxygen atoms in total. The number of nitrogens with zero attached hydrogens (tertiary/aromatic N) is 2. The minimum Gasteiger partial charge on any atom is -0.308 e. The largest absolute Gasteiger partial charge is 0.308 e. The maximum Gasteiger partial charge on any atom is 0.299 e. The molecule has 1 aromatic carbocycles. The molecule has 0 radical (unpaired) electrons. The number of hydrogen-bond donors (Lipinski definition) is 0. The van der Waals surface area contributed by atoms with Crippen LogP contribution in [0.2, 0.25) is 10.0 Å². The monoisotopic (exact) mass is 322 g/mol. The number of amides is 1. The van der Waals surface area contributed by atoms with Crippen LogP contribution in [-0.2, 0) is 4.79 Å². The average Bonchev–Trinajstić information content (AvgIpc) is 2.55. The van der Waals surface area contributed by atoms with E-state index in [1.165, 1.54) is 11.0 Å². The minimum absolute atomic E-state index is 0. The number of Topliss-reactive ketones (excluding diaryl/α,β-unsaturated/α-hetero) is 1. The summed E-state index contributed by atoms with van der Waals surface area (Å²) in [4.78, 5) is 27.0. The summed E-state index contributed by atoms with van der Waals surface area (Å²) in [5, 5.41) is 0.597. The van der Waals surface area contributed by atoms with E-state index in [-0.39, 0.29) is 17.4 Å². The average molecular weight is 324 g/mol. The van der Waals surface area contributed by atoms with E-state index in [0.29, 0.717) is 29.4 Å². The van der Waals surface area contributed by atoms with Gasteiger partial charge >= 0.3 is 0 Å². The second-order valence-electron chi connectivity index (χ2n) is 4.35. The molecular formula is C12H13Cl3N2O2. The predicted molar refractivity (Wildman–Crippen MR) is 78.9 cm³/mol. The summed E-state index contributed by atoms with van der Waals surface area (Å²) in [5.74, 6) is -1.07. The molecule has 0 spiro atoms. The van der Waals surface area contributed by atoms with E-state index in [4.69, 9.17) is 23.2 Å². The van der Waals surface area contributed by atoms with Gasteiger partial charge in [0.05, 0.1) is 21.3 Å². The van der Waals surface area contributed by atoms with Gasteiger partial charge in [-0.05, 0) is 26.2 Å². The van der Waals surface area contributed by atoms with Gasteiger partial charge in [-0.15, -0.1) is 12.4 Å². The van der Waals surface area contributed by atoms with E-state index < -0.39 is 11.7 Å². The van der Waals surface area contributed by atoms with Gasteiger partial charge in [-0.25, -0.2) is 0 Å². The normalized spacial score (nSPS) is 13.8. The molecule has 0 aromatic heterocycles. The van der Waals surface area contributed by atoms with Crippen molar-refractivity contribution in [3.05, 3.63) is 27.7 Å². The molecule has 0 saturated carbocycles. The Labute approximate surface area is 127 Å². The number of rotatable bonds is 3. The van der Waals surface area contributed by atoms with Crippen molar-refractivity contribution in [1.29, 1.82) is 0 Å². The molecule has 7 heteroatoms. The zero-order chi connectivity index (χ0) is 13.4. The van der Waals surface area contributed by atoms with Crippen molar-refractivity contribution >= 4 is 53.0 Å². The Morgan fingerprint density at radius 3 is 2.42 bits per heavy atom. The number of carbonyl (C=O) groups is 2. The number of likely N-dealkylation sites (N-methyl/N-ethyl adjacent to an activating group) is 1. The number of fused-ring (bicyclic) bond motifs is 1. The summed E-state index contributed by atoms with van der Waals surface area (Å²) in [7, 11) is 3.78. The highest BCUT2D eigenvalue weighted by atomic mass is 35.5. The van der Waals surface area contributed by atoms with Gasteiger partial charge in [0, 0.05) is 13.1 Å².